The molecule has 2 atom stereocenters. The Balaban J connectivity index is 1.42. The first kappa shape index (κ1) is 30.0. The van der Waals surface area contributed by atoms with E-state index in [0.29, 0.717) is 59.5 Å². The van der Waals surface area contributed by atoms with E-state index in [0.717, 1.165) is 11.1 Å². The standard InChI is InChI=1S/C32H34ClN3O7/c1-40-27-10-6-20-7-11-30(37)34-17-22-8-9-24(16-28(22)41-2)43-26-12-13-36(32(39)21-4-3-5-23(33)15-21)18-25(26)35-31(38)19-42-29(27)14-20/h3-6,8-10,14-16,25-26H,7,11-13,17-19H2,1-2H3,(H,34,37)(H,35,38)/t25-,26+/m1/s1. The van der Waals surface area contributed by atoms with Crippen LogP contribution in [0.4, 0.5) is 0 Å². The predicted octanol–water partition coefficient (Wildman–Crippen LogP) is 3.78. The third-order valence-corrected chi connectivity index (χ3v) is 7.74. The summed E-state index contributed by atoms with van der Waals surface area (Å²) in [5.41, 5.74) is 2.13. The maximum Gasteiger partial charge on any atom is 0.258 e. The fourth-order valence-electron chi connectivity index (χ4n) is 5.24. The number of hydrogen-bond donors (Lipinski definition) is 2. The topological polar surface area (TPSA) is 115 Å². The number of likely N-dealkylation sites (tertiary alicyclic amines) is 1. The predicted molar refractivity (Wildman–Crippen MR) is 160 cm³/mol. The summed E-state index contributed by atoms with van der Waals surface area (Å²) in [5.74, 6) is 1.30. The van der Waals surface area contributed by atoms with Crippen molar-refractivity contribution in [2.75, 3.05) is 33.9 Å². The molecular weight excluding hydrogens is 574 g/mol. The van der Waals surface area contributed by atoms with E-state index in [1.165, 1.54) is 7.11 Å². The molecule has 226 valence electrons. The minimum atomic E-state index is -0.534. The quantitative estimate of drug-likeness (QED) is 0.466. The van der Waals surface area contributed by atoms with Crippen LogP contribution in [-0.2, 0) is 22.6 Å². The van der Waals surface area contributed by atoms with Gasteiger partial charge in [-0.05, 0) is 54.4 Å². The van der Waals surface area contributed by atoms with Crippen molar-refractivity contribution in [1.82, 2.24) is 15.5 Å². The van der Waals surface area contributed by atoms with E-state index >= 15 is 0 Å². The zero-order valence-electron chi connectivity index (χ0n) is 24.1. The maximum atomic E-state index is 13.3. The van der Waals surface area contributed by atoms with Crippen LogP contribution in [0.2, 0.25) is 5.02 Å². The molecule has 1 fully saturated rings. The van der Waals surface area contributed by atoms with Gasteiger partial charge < -0.3 is 34.5 Å². The first-order chi connectivity index (χ1) is 20.8. The molecule has 0 saturated carbocycles. The van der Waals surface area contributed by atoms with Crippen molar-refractivity contribution in [3.63, 3.8) is 0 Å². The number of fused-ring (bicyclic) bond motifs is 9. The summed E-state index contributed by atoms with van der Waals surface area (Å²) in [7, 11) is 3.08. The molecule has 10 nitrogen and oxygen atoms in total. The Morgan fingerprint density at radius 2 is 1.81 bits per heavy atom. The van der Waals surface area contributed by atoms with Crippen LogP contribution in [0.15, 0.2) is 60.7 Å². The molecule has 3 aromatic rings. The number of carbonyl (C=O) groups is 3. The zero-order chi connectivity index (χ0) is 30.3. The SMILES string of the molecule is COc1cc2ccc1CNC(=O)CCc1ccc(OC)c(c1)OCC(=O)N[C@@H]1CN(C(=O)c3cccc(Cl)c3)CC[C@@H]1O2. The van der Waals surface area contributed by atoms with Gasteiger partial charge in [0.05, 0.1) is 20.3 Å². The molecular formula is C32H34ClN3O7. The van der Waals surface area contributed by atoms with Crippen molar-refractivity contribution in [2.45, 2.75) is 38.0 Å². The number of nitrogens with one attached hydrogen (secondary N) is 2. The third-order valence-electron chi connectivity index (χ3n) is 7.50. The Morgan fingerprint density at radius 3 is 2.60 bits per heavy atom. The lowest BCUT2D eigenvalue weighted by Gasteiger charge is -2.39. The highest BCUT2D eigenvalue weighted by atomic mass is 35.5. The van der Waals surface area contributed by atoms with Gasteiger partial charge in [0.2, 0.25) is 5.91 Å². The second-order valence-electron chi connectivity index (χ2n) is 10.4. The number of halogens is 1. The fourth-order valence-corrected chi connectivity index (χ4v) is 5.43. The molecule has 3 amide bonds. The molecule has 43 heavy (non-hydrogen) atoms. The van der Waals surface area contributed by atoms with E-state index in [4.69, 9.17) is 30.5 Å². The molecule has 4 bridgehead atoms. The number of piperidine rings is 1. The molecule has 0 aromatic heterocycles. The summed E-state index contributed by atoms with van der Waals surface area (Å²) < 4.78 is 23.2. The number of benzene rings is 3. The number of carbonyl (C=O) groups excluding carboxylic acids is 3. The van der Waals surface area contributed by atoms with E-state index in [1.807, 2.05) is 12.1 Å². The van der Waals surface area contributed by atoms with Crippen LogP contribution >= 0.6 is 11.6 Å². The first-order valence-electron chi connectivity index (χ1n) is 14.1. The van der Waals surface area contributed by atoms with E-state index < -0.39 is 12.1 Å². The Morgan fingerprint density at radius 1 is 0.977 bits per heavy atom. The van der Waals surface area contributed by atoms with Crippen LogP contribution in [0.25, 0.3) is 0 Å². The van der Waals surface area contributed by atoms with E-state index in [2.05, 4.69) is 10.6 Å². The van der Waals surface area contributed by atoms with Crippen molar-refractivity contribution < 1.29 is 33.3 Å². The van der Waals surface area contributed by atoms with Crippen LogP contribution in [0.5, 0.6) is 23.0 Å². The van der Waals surface area contributed by atoms with Gasteiger partial charge in [0.25, 0.3) is 11.8 Å². The monoisotopic (exact) mass is 607 g/mol. The van der Waals surface area contributed by atoms with Crippen molar-refractivity contribution in [1.29, 1.82) is 0 Å². The molecule has 3 heterocycles. The lowest BCUT2D eigenvalue weighted by Crippen LogP contribution is -2.58. The van der Waals surface area contributed by atoms with Gasteiger partial charge in [0.15, 0.2) is 18.1 Å². The molecule has 3 aromatic carbocycles. The average molecular weight is 608 g/mol. The molecule has 3 aliphatic rings. The second kappa shape index (κ2) is 13.7. The first-order valence-corrected chi connectivity index (χ1v) is 14.4. The Bertz CT molecular complexity index is 1500. The summed E-state index contributed by atoms with van der Waals surface area (Å²) in [5, 5.41) is 6.43. The highest BCUT2D eigenvalue weighted by Gasteiger charge is 2.35. The number of methoxy groups -OCH3 is 2. The molecule has 0 radical (unpaired) electrons. The zero-order valence-corrected chi connectivity index (χ0v) is 24.8. The number of hydrogen-bond acceptors (Lipinski definition) is 7. The second-order valence-corrected chi connectivity index (χ2v) is 10.8. The number of amides is 3. The van der Waals surface area contributed by atoms with E-state index in [-0.39, 0.29) is 37.3 Å². The van der Waals surface area contributed by atoms with E-state index in [9.17, 15) is 14.4 Å². The Kier molecular flexibility index (Phi) is 9.56. The van der Waals surface area contributed by atoms with Crippen LogP contribution in [0.3, 0.4) is 0 Å². The summed E-state index contributed by atoms with van der Waals surface area (Å²) in [4.78, 5) is 40.8. The Hall–Kier alpha value is -4.44. The minimum Gasteiger partial charge on any atom is -0.496 e. The molecule has 0 aliphatic carbocycles. The molecule has 1 saturated heterocycles. The number of rotatable bonds is 3. The molecule has 0 unspecified atom stereocenters. The molecule has 0 spiro atoms. The lowest BCUT2D eigenvalue weighted by atomic mass is 10.0. The number of ether oxygens (including phenoxy) is 4. The van der Waals surface area contributed by atoms with Gasteiger partial charge in [-0.25, -0.2) is 0 Å². The van der Waals surface area contributed by atoms with Crippen molar-refractivity contribution in [2.24, 2.45) is 0 Å². The third kappa shape index (κ3) is 7.50. The van der Waals surface area contributed by atoms with E-state index in [1.54, 1.807) is 60.5 Å². The van der Waals surface area contributed by atoms with Gasteiger partial charge in [0, 0.05) is 54.7 Å². The van der Waals surface area contributed by atoms with Crippen molar-refractivity contribution >= 4 is 29.3 Å². The van der Waals surface area contributed by atoms with Crippen molar-refractivity contribution in [3.8, 4) is 23.0 Å². The fraction of sp³-hybridized carbons (Fsp3) is 0.344. The van der Waals surface area contributed by atoms with Gasteiger partial charge in [-0.2, -0.15) is 0 Å². The van der Waals surface area contributed by atoms with Gasteiger partial charge in [0.1, 0.15) is 17.6 Å². The highest BCUT2D eigenvalue weighted by molar-refractivity contribution is 6.30. The molecule has 6 rings (SSSR count). The van der Waals surface area contributed by atoms with Gasteiger partial charge in [-0.3, -0.25) is 14.4 Å². The maximum absolute atomic E-state index is 13.3. The van der Waals surface area contributed by atoms with Crippen LogP contribution in [-0.4, -0.2) is 68.7 Å². The van der Waals surface area contributed by atoms with Crippen molar-refractivity contribution in [3.05, 3.63) is 82.4 Å². The molecule has 11 heteroatoms. The largest absolute Gasteiger partial charge is 0.496 e. The minimum absolute atomic E-state index is 0.111. The van der Waals surface area contributed by atoms with Gasteiger partial charge >= 0.3 is 0 Å². The summed E-state index contributed by atoms with van der Waals surface area (Å²) >= 11 is 6.13. The smallest absolute Gasteiger partial charge is 0.258 e. The summed E-state index contributed by atoms with van der Waals surface area (Å²) in [6.45, 7) is 0.655. The normalized spacial score (nSPS) is 19.3. The lowest BCUT2D eigenvalue weighted by molar-refractivity contribution is -0.125. The number of aryl methyl sites for hydroxylation is 1. The average Bonchev–Trinajstić information content (AvgIpc) is 3.02. The molecule has 2 N–H and O–H groups in total. The van der Waals surface area contributed by atoms with Gasteiger partial charge in [-0.15, -0.1) is 0 Å². The van der Waals surface area contributed by atoms with Crippen LogP contribution in [0, 0.1) is 0 Å². The summed E-state index contributed by atoms with van der Waals surface area (Å²) in [6, 6.07) is 17.0. The van der Waals surface area contributed by atoms with Crippen LogP contribution < -0.4 is 29.6 Å². The van der Waals surface area contributed by atoms with Gasteiger partial charge in [-0.1, -0.05) is 23.7 Å². The highest BCUT2D eigenvalue weighted by Crippen LogP contribution is 2.30. The summed E-state index contributed by atoms with van der Waals surface area (Å²) in [6.07, 6.45) is 0.766. The molecule has 3 aliphatic heterocycles. The Labute approximate surface area is 255 Å². The van der Waals surface area contributed by atoms with Crippen LogP contribution in [0.1, 0.15) is 34.3 Å². The number of nitrogens with zero attached hydrogens (tertiary/aromatic N) is 1.